The summed E-state index contributed by atoms with van der Waals surface area (Å²) < 4.78 is 11.8. The maximum atomic E-state index is 13.3. The molecule has 1 heterocycles. The number of ether oxygens (including phenoxy) is 1. The van der Waals surface area contributed by atoms with Crippen molar-refractivity contribution in [3.05, 3.63) is 101 Å². The van der Waals surface area contributed by atoms with Gasteiger partial charge < -0.3 is 14.5 Å². The van der Waals surface area contributed by atoms with Gasteiger partial charge in [-0.15, -0.1) is 0 Å². The largest absolute Gasteiger partial charge is 0.478 e. The number of carbonyl (C=O) groups excluding carboxylic acids is 1. The smallest absolute Gasteiger partial charge is 0.255 e. The molecule has 1 N–H and O–H groups in total. The number of nitrogens with one attached hydrogen (secondary N) is 1. The first kappa shape index (κ1) is 25.4. The van der Waals surface area contributed by atoms with Gasteiger partial charge in [0.2, 0.25) is 0 Å². The Labute approximate surface area is 226 Å². The Kier molecular flexibility index (Phi) is 7.62. The highest BCUT2D eigenvalue weighted by molar-refractivity contribution is 6.30. The lowest BCUT2D eigenvalue weighted by atomic mass is 9.96. The van der Waals surface area contributed by atoms with Gasteiger partial charge in [0, 0.05) is 28.9 Å². The second-order valence-corrected chi connectivity index (χ2v) is 9.57. The molecule has 0 bridgehead atoms. The zero-order chi connectivity index (χ0) is 26.5. The monoisotopic (exact) mass is 522 g/mol. The number of carbonyl (C=O) groups is 1. The van der Waals surface area contributed by atoms with E-state index in [1.807, 2.05) is 78.9 Å². The van der Waals surface area contributed by atoms with E-state index in [9.17, 15) is 4.79 Å². The van der Waals surface area contributed by atoms with Gasteiger partial charge in [-0.05, 0) is 58.7 Å². The van der Waals surface area contributed by atoms with Gasteiger partial charge in [-0.2, -0.15) is 5.26 Å². The Bertz CT molecular complexity index is 1650. The van der Waals surface area contributed by atoms with Crippen LogP contribution in [0.25, 0.3) is 32.9 Å². The van der Waals surface area contributed by atoms with Crippen LogP contribution in [0.2, 0.25) is 5.02 Å². The average Bonchev–Trinajstić information content (AvgIpc) is 3.32. The minimum absolute atomic E-state index is 0.0425. The van der Waals surface area contributed by atoms with E-state index < -0.39 is 0 Å². The summed E-state index contributed by atoms with van der Waals surface area (Å²) in [6.07, 6.45) is 2.71. The molecule has 0 aliphatic carbocycles. The van der Waals surface area contributed by atoms with E-state index in [1.165, 1.54) is 0 Å². The number of aryl methyl sites for hydroxylation is 1. The standard InChI is InChI=1S/C32H27ClN2O3/c1-2-3-7-29-31(26-6-4-5-8-27(26)38-29)32(36)35-20-21-9-15-25-23(19-21)12-16-28(37-18-17-34)30(25)22-10-13-24(33)14-11-22/h4-6,8-16,19H,2-3,7,18,20H2,1H3,(H,35,36). The molecule has 0 aliphatic rings. The summed E-state index contributed by atoms with van der Waals surface area (Å²) in [6.45, 7) is 2.46. The number of amides is 1. The molecule has 0 radical (unpaired) electrons. The minimum atomic E-state index is -0.136. The molecule has 6 heteroatoms. The van der Waals surface area contributed by atoms with E-state index in [1.54, 1.807) is 0 Å². The number of nitrogens with zero attached hydrogens (tertiary/aromatic N) is 1. The first-order chi connectivity index (χ1) is 18.6. The van der Waals surface area contributed by atoms with Crippen molar-refractivity contribution in [1.82, 2.24) is 5.32 Å². The number of hydrogen-bond donors (Lipinski definition) is 1. The molecule has 0 atom stereocenters. The molecule has 0 unspecified atom stereocenters. The lowest BCUT2D eigenvalue weighted by Gasteiger charge is -2.14. The summed E-state index contributed by atoms with van der Waals surface area (Å²) in [5.41, 5.74) is 4.18. The molecule has 5 aromatic rings. The maximum Gasteiger partial charge on any atom is 0.255 e. The Morgan fingerprint density at radius 3 is 2.63 bits per heavy atom. The molecule has 38 heavy (non-hydrogen) atoms. The predicted octanol–water partition coefficient (Wildman–Crippen LogP) is 8.08. The minimum Gasteiger partial charge on any atom is -0.478 e. The fraction of sp³-hybridized carbons (Fsp3) is 0.188. The van der Waals surface area contributed by atoms with Crippen LogP contribution in [0.3, 0.4) is 0 Å². The molecular formula is C32H27ClN2O3. The third kappa shape index (κ3) is 5.22. The van der Waals surface area contributed by atoms with Gasteiger partial charge in [-0.25, -0.2) is 0 Å². The summed E-state index contributed by atoms with van der Waals surface area (Å²) >= 11 is 6.11. The fourth-order valence-corrected chi connectivity index (χ4v) is 4.87. The van der Waals surface area contributed by atoms with Gasteiger partial charge in [0.1, 0.15) is 23.2 Å². The summed E-state index contributed by atoms with van der Waals surface area (Å²) in [7, 11) is 0. The average molecular weight is 523 g/mol. The summed E-state index contributed by atoms with van der Waals surface area (Å²) in [6, 6.07) is 27.2. The van der Waals surface area contributed by atoms with Crippen molar-refractivity contribution >= 4 is 39.2 Å². The van der Waals surface area contributed by atoms with Crippen molar-refractivity contribution in [2.45, 2.75) is 32.7 Å². The normalized spacial score (nSPS) is 11.0. The number of unbranched alkanes of at least 4 members (excludes halogenated alkanes) is 1. The first-order valence-electron chi connectivity index (χ1n) is 12.7. The lowest BCUT2D eigenvalue weighted by Crippen LogP contribution is -2.23. The summed E-state index contributed by atoms with van der Waals surface area (Å²) in [5, 5.41) is 15.6. The first-order valence-corrected chi connectivity index (χ1v) is 13.1. The molecule has 190 valence electrons. The number of halogens is 1. The van der Waals surface area contributed by atoms with E-state index in [-0.39, 0.29) is 12.5 Å². The van der Waals surface area contributed by atoms with Gasteiger partial charge in [0.15, 0.2) is 6.61 Å². The lowest BCUT2D eigenvalue weighted by molar-refractivity contribution is 0.0950. The molecule has 4 aromatic carbocycles. The van der Waals surface area contributed by atoms with Crippen molar-refractivity contribution in [2.75, 3.05) is 6.61 Å². The van der Waals surface area contributed by atoms with Crippen LogP contribution in [-0.2, 0) is 13.0 Å². The summed E-state index contributed by atoms with van der Waals surface area (Å²) in [4.78, 5) is 13.3. The van der Waals surface area contributed by atoms with Crippen LogP contribution in [0.1, 0.15) is 41.4 Å². The molecule has 5 nitrogen and oxygen atoms in total. The quantitative estimate of drug-likeness (QED) is 0.212. The van der Waals surface area contributed by atoms with Crippen LogP contribution in [-0.4, -0.2) is 12.5 Å². The summed E-state index contributed by atoms with van der Waals surface area (Å²) in [5.74, 6) is 1.23. The zero-order valence-electron chi connectivity index (χ0n) is 21.1. The van der Waals surface area contributed by atoms with Crippen LogP contribution in [0, 0.1) is 11.3 Å². The van der Waals surface area contributed by atoms with Gasteiger partial charge in [-0.3, -0.25) is 4.79 Å². The molecule has 1 amide bonds. The molecular weight excluding hydrogens is 496 g/mol. The van der Waals surface area contributed by atoms with Crippen molar-refractivity contribution in [3.8, 4) is 22.9 Å². The van der Waals surface area contributed by atoms with E-state index in [2.05, 4.69) is 18.3 Å². The molecule has 0 fully saturated rings. The molecule has 0 aliphatic heterocycles. The van der Waals surface area contributed by atoms with Crippen LogP contribution in [0.4, 0.5) is 0 Å². The number of hydrogen-bond acceptors (Lipinski definition) is 4. The van der Waals surface area contributed by atoms with Crippen LogP contribution in [0.15, 0.2) is 83.3 Å². The highest BCUT2D eigenvalue weighted by Crippen LogP contribution is 2.38. The number of fused-ring (bicyclic) bond motifs is 2. The second-order valence-electron chi connectivity index (χ2n) is 9.13. The van der Waals surface area contributed by atoms with Crippen LogP contribution in [0.5, 0.6) is 5.75 Å². The predicted molar refractivity (Wildman–Crippen MR) is 151 cm³/mol. The van der Waals surface area contributed by atoms with Gasteiger partial charge >= 0.3 is 0 Å². The third-order valence-corrected chi connectivity index (χ3v) is 6.83. The van der Waals surface area contributed by atoms with Crippen LogP contribution >= 0.6 is 11.6 Å². The molecule has 0 saturated carbocycles. The number of rotatable bonds is 9. The number of benzene rings is 4. The Morgan fingerprint density at radius 1 is 1.03 bits per heavy atom. The van der Waals surface area contributed by atoms with E-state index in [0.29, 0.717) is 22.9 Å². The molecule has 5 rings (SSSR count). The Morgan fingerprint density at radius 2 is 1.84 bits per heavy atom. The van der Waals surface area contributed by atoms with Crippen molar-refractivity contribution in [3.63, 3.8) is 0 Å². The van der Waals surface area contributed by atoms with Crippen molar-refractivity contribution in [1.29, 1.82) is 5.26 Å². The topological polar surface area (TPSA) is 75.3 Å². The van der Waals surface area contributed by atoms with E-state index >= 15 is 0 Å². The second kappa shape index (κ2) is 11.4. The van der Waals surface area contributed by atoms with E-state index in [4.69, 9.17) is 26.0 Å². The molecule has 1 aromatic heterocycles. The number of nitriles is 1. The number of para-hydroxylation sites is 1. The molecule has 0 spiro atoms. The zero-order valence-corrected chi connectivity index (χ0v) is 21.8. The Hall–Kier alpha value is -4.27. The highest BCUT2D eigenvalue weighted by atomic mass is 35.5. The van der Waals surface area contributed by atoms with Crippen molar-refractivity contribution in [2.24, 2.45) is 0 Å². The highest BCUT2D eigenvalue weighted by Gasteiger charge is 2.20. The maximum absolute atomic E-state index is 13.3. The third-order valence-electron chi connectivity index (χ3n) is 6.58. The SMILES string of the molecule is CCCCc1oc2ccccc2c1C(=O)NCc1ccc2c(-c3ccc(Cl)cc3)c(OCC#N)ccc2c1. The van der Waals surface area contributed by atoms with Gasteiger partial charge in [0.25, 0.3) is 5.91 Å². The van der Waals surface area contributed by atoms with Gasteiger partial charge in [-0.1, -0.05) is 73.5 Å². The van der Waals surface area contributed by atoms with Crippen molar-refractivity contribution < 1.29 is 13.9 Å². The van der Waals surface area contributed by atoms with Gasteiger partial charge in [0.05, 0.1) is 5.56 Å². The number of furan rings is 1. The van der Waals surface area contributed by atoms with E-state index in [0.717, 1.165) is 63.5 Å². The molecule has 0 saturated heterocycles. The van der Waals surface area contributed by atoms with Crippen LogP contribution < -0.4 is 10.1 Å². The Balaban J connectivity index is 1.44. The fourth-order valence-electron chi connectivity index (χ4n) is 4.74.